The second-order valence-electron chi connectivity index (χ2n) is 8.32. The zero-order valence-corrected chi connectivity index (χ0v) is 16.7. The largest absolute Gasteiger partial charge is 0.433 e. The highest BCUT2D eigenvalue weighted by Crippen LogP contribution is 2.44. The van der Waals surface area contributed by atoms with Crippen LogP contribution in [-0.4, -0.2) is 67.5 Å². The van der Waals surface area contributed by atoms with Crippen LogP contribution in [0.1, 0.15) is 31.2 Å². The minimum atomic E-state index is -4.59. The first-order valence-corrected chi connectivity index (χ1v) is 10.8. The Kier molecular flexibility index (Phi) is 4.76. The summed E-state index contributed by atoms with van der Waals surface area (Å²) in [5.41, 5.74) is -1.23. The molecule has 0 unspecified atom stereocenters. The lowest BCUT2D eigenvalue weighted by molar-refractivity contribution is -0.141. The maximum atomic E-state index is 12.8. The van der Waals surface area contributed by atoms with Crippen LogP contribution >= 0.6 is 0 Å². The second kappa shape index (κ2) is 6.65. The van der Waals surface area contributed by atoms with E-state index in [-0.39, 0.29) is 22.1 Å². The molecule has 0 bridgehead atoms. The lowest BCUT2D eigenvalue weighted by Crippen LogP contribution is -2.74. The van der Waals surface area contributed by atoms with Crippen molar-refractivity contribution in [3.8, 4) is 0 Å². The van der Waals surface area contributed by atoms with Crippen LogP contribution in [0.15, 0.2) is 17.0 Å². The molecular weight excluding hydrogens is 395 g/mol. The first kappa shape index (κ1) is 20.1. The maximum absolute atomic E-state index is 12.8. The number of halogens is 3. The van der Waals surface area contributed by atoms with E-state index in [1.165, 1.54) is 11.2 Å². The van der Waals surface area contributed by atoms with E-state index in [9.17, 15) is 21.6 Å². The molecule has 0 aromatic carbocycles. The highest BCUT2D eigenvalue weighted by molar-refractivity contribution is 7.89. The third kappa shape index (κ3) is 3.44. The molecule has 0 radical (unpaired) electrons. The summed E-state index contributed by atoms with van der Waals surface area (Å²) in [5, 5.41) is 0. The number of hydrogen-bond acceptors (Lipinski definition) is 5. The van der Waals surface area contributed by atoms with Gasteiger partial charge >= 0.3 is 6.18 Å². The molecule has 28 heavy (non-hydrogen) atoms. The summed E-state index contributed by atoms with van der Waals surface area (Å²) in [6, 6.07) is 2.23. The fourth-order valence-corrected chi connectivity index (χ4v) is 6.39. The van der Waals surface area contributed by atoms with E-state index in [4.69, 9.17) is 4.74 Å². The summed E-state index contributed by atoms with van der Waals surface area (Å²) < 4.78 is 70.9. The summed E-state index contributed by atoms with van der Waals surface area (Å²) >= 11 is 0. The molecule has 3 fully saturated rings. The molecule has 10 heteroatoms. The zero-order chi connectivity index (χ0) is 20.3. The van der Waals surface area contributed by atoms with Gasteiger partial charge in [-0.15, -0.1) is 0 Å². The van der Waals surface area contributed by atoms with E-state index >= 15 is 0 Å². The smallest absolute Gasteiger partial charge is 0.378 e. The van der Waals surface area contributed by atoms with E-state index in [1.807, 2.05) is 0 Å². The van der Waals surface area contributed by atoms with Gasteiger partial charge in [-0.3, -0.25) is 4.90 Å². The van der Waals surface area contributed by atoms with Crippen molar-refractivity contribution in [2.45, 2.75) is 49.9 Å². The van der Waals surface area contributed by atoms with E-state index in [0.717, 1.165) is 44.7 Å². The van der Waals surface area contributed by atoms with Crippen LogP contribution in [0, 0.1) is 12.3 Å². The van der Waals surface area contributed by atoms with Crippen LogP contribution in [0.5, 0.6) is 0 Å². The first-order chi connectivity index (χ1) is 13.0. The fourth-order valence-electron chi connectivity index (χ4n) is 4.57. The lowest BCUT2D eigenvalue weighted by atomic mass is 9.73. The Morgan fingerprint density at radius 1 is 1.21 bits per heavy atom. The quantitative estimate of drug-likeness (QED) is 0.752. The van der Waals surface area contributed by atoms with Crippen molar-refractivity contribution in [3.63, 3.8) is 0 Å². The maximum Gasteiger partial charge on any atom is 0.433 e. The molecule has 3 saturated heterocycles. The number of aryl methyl sites for hydroxylation is 1. The molecule has 156 valence electrons. The molecule has 0 N–H and O–H groups in total. The highest BCUT2D eigenvalue weighted by atomic mass is 32.2. The minimum Gasteiger partial charge on any atom is -0.378 e. The monoisotopic (exact) mass is 419 g/mol. The molecule has 3 aliphatic rings. The van der Waals surface area contributed by atoms with Gasteiger partial charge in [-0.2, -0.15) is 17.5 Å². The van der Waals surface area contributed by atoms with E-state index in [2.05, 4.69) is 16.8 Å². The molecule has 3 aliphatic heterocycles. The standard InChI is InChI=1S/C18H24F3N3O3S/c1-12-7-14(5-6-27-12)23-8-17(9-23)10-24(11-17)28(25,26)15-3-4-16(18(19,20)21)22-13(15)2/h3-4,12,14H,5-11H2,1-2H3/t12-,14-/m0/s1. The molecule has 4 rings (SSSR count). The van der Waals surface area contributed by atoms with Gasteiger partial charge in [0.2, 0.25) is 10.0 Å². The van der Waals surface area contributed by atoms with Gasteiger partial charge in [0, 0.05) is 44.2 Å². The average molecular weight is 419 g/mol. The Morgan fingerprint density at radius 2 is 1.89 bits per heavy atom. The van der Waals surface area contributed by atoms with E-state index < -0.39 is 21.9 Å². The Morgan fingerprint density at radius 3 is 2.46 bits per heavy atom. The third-order valence-corrected chi connectivity index (χ3v) is 7.95. The lowest BCUT2D eigenvalue weighted by Gasteiger charge is -2.61. The topological polar surface area (TPSA) is 62.7 Å². The number of aromatic nitrogens is 1. The molecular formula is C18H24F3N3O3S. The number of alkyl halides is 3. The van der Waals surface area contributed by atoms with Crippen molar-refractivity contribution in [2.24, 2.45) is 5.41 Å². The van der Waals surface area contributed by atoms with Crippen molar-refractivity contribution < 1.29 is 26.3 Å². The van der Waals surface area contributed by atoms with Crippen LogP contribution < -0.4 is 0 Å². The van der Waals surface area contributed by atoms with Crippen LogP contribution in [0.2, 0.25) is 0 Å². The van der Waals surface area contributed by atoms with Gasteiger partial charge in [0.05, 0.1) is 11.8 Å². The Balaban J connectivity index is 1.39. The number of ether oxygens (including phenoxy) is 1. The highest BCUT2D eigenvalue weighted by Gasteiger charge is 2.56. The number of rotatable bonds is 3. The van der Waals surface area contributed by atoms with Gasteiger partial charge in [0.15, 0.2) is 0 Å². The van der Waals surface area contributed by atoms with Gasteiger partial charge < -0.3 is 4.74 Å². The molecule has 1 spiro atoms. The predicted octanol–water partition coefficient (Wildman–Crippen LogP) is 2.28. The molecule has 1 aromatic rings. The molecule has 0 aliphatic carbocycles. The number of sulfonamides is 1. The van der Waals surface area contributed by atoms with Crippen LogP contribution in [0.25, 0.3) is 0 Å². The van der Waals surface area contributed by atoms with Crippen molar-refractivity contribution >= 4 is 10.0 Å². The molecule has 0 amide bonds. The summed E-state index contributed by atoms with van der Waals surface area (Å²) in [5.74, 6) is 0. The van der Waals surface area contributed by atoms with Crippen LogP contribution in [0.3, 0.4) is 0 Å². The number of hydrogen-bond donors (Lipinski definition) is 0. The van der Waals surface area contributed by atoms with Gasteiger partial charge in [-0.25, -0.2) is 13.4 Å². The molecule has 6 nitrogen and oxygen atoms in total. The Hall–Kier alpha value is -1.23. The SMILES string of the molecule is Cc1nc(C(F)(F)F)ccc1S(=O)(=O)N1CC2(CN([C@H]3CCO[C@@H](C)C3)C2)C1. The van der Waals surface area contributed by atoms with Gasteiger partial charge in [-0.05, 0) is 38.8 Å². The zero-order valence-electron chi connectivity index (χ0n) is 15.9. The molecule has 4 heterocycles. The Bertz CT molecular complexity index is 861. The van der Waals surface area contributed by atoms with E-state index in [0.29, 0.717) is 19.1 Å². The summed E-state index contributed by atoms with van der Waals surface area (Å²) in [7, 11) is -3.83. The van der Waals surface area contributed by atoms with Crippen molar-refractivity contribution in [2.75, 3.05) is 32.8 Å². The van der Waals surface area contributed by atoms with Gasteiger partial charge in [0.25, 0.3) is 0 Å². The second-order valence-corrected chi connectivity index (χ2v) is 10.2. The predicted molar refractivity (Wildman–Crippen MR) is 95.2 cm³/mol. The van der Waals surface area contributed by atoms with E-state index in [1.54, 1.807) is 0 Å². The van der Waals surface area contributed by atoms with Gasteiger partial charge in [0.1, 0.15) is 10.6 Å². The normalized spacial score (nSPS) is 28.8. The van der Waals surface area contributed by atoms with Crippen LogP contribution in [-0.2, 0) is 20.9 Å². The summed E-state index contributed by atoms with van der Waals surface area (Å²) in [6.45, 7) is 6.67. The average Bonchev–Trinajstić information content (AvgIpc) is 2.51. The third-order valence-electron chi connectivity index (χ3n) is 6.02. The molecule has 2 atom stereocenters. The van der Waals surface area contributed by atoms with Crippen molar-refractivity contribution in [1.82, 2.24) is 14.2 Å². The number of pyridine rings is 1. The van der Waals surface area contributed by atoms with Crippen LogP contribution in [0.4, 0.5) is 13.2 Å². The minimum absolute atomic E-state index is 0.0259. The van der Waals surface area contributed by atoms with Crippen molar-refractivity contribution in [3.05, 3.63) is 23.5 Å². The summed E-state index contributed by atoms with van der Waals surface area (Å²) in [4.78, 5) is 5.70. The fraction of sp³-hybridized carbons (Fsp3) is 0.722. The Labute approximate surface area is 162 Å². The number of nitrogens with zero attached hydrogens (tertiary/aromatic N) is 3. The summed E-state index contributed by atoms with van der Waals surface area (Å²) in [6.07, 6.45) is -2.35. The number of likely N-dealkylation sites (tertiary alicyclic amines) is 1. The van der Waals surface area contributed by atoms with Crippen molar-refractivity contribution in [1.29, 1.82) is 0 Å². The molecule has 1 aromatic heterocycles. The first-order valence-electron chi connectivity index (χ1n) is 9.41. The van der Waals surface area contributed by atoms with Gasteiger partial charge in [-0.1, -0.05) is 0 Å². The molecule has 0 saturated carbocycles.